The molecule has 1 nitrogen and oxygen atoms in total. The average molecular weight is 362 g/mol. The van der Waals surface area contributed by atoms with Gasteiger partial charge < -0.3 is 5.32 Å². The van der Waals surface area contributed by atoms with Crippen LogP contribution in [-0.2, 0) is 0 Å². The summed E-state index contributed by atoms with van der Waals surface area (Å²) in [7, 11) is 3.82. The first-order chi connectivity index (χ1) is 10.2. The molecule has 0 amide bonds. The standard InChI is InChI=1S/C18H35NS3/c1-9-11-19-17(10-2)22-21-16(6)13-18(7,8)20-15(5)12-14(3)4/h9-10,14-16,19H,1,11-13H2,2-8H3/b17-10+. The Bertz CT molecular complexity index is 337. The fraction of sp³-hybridized carbons (Fsp3) is 0.778. The largest absolute Gasteiger partial charge is 0.376 e. The minimum absolute atomic E-state index is 0.339. The Balaban J connectivity index is 4.21. The zero-order valence-corrected chi connectivity index (χ0v) is 17.9. The quantitative estimate of drug-likeness (QED) is 0.305. The second kappa shape index (κ2) is 11.8. The SMILES string of the molecule is C=CCN/C(=C\C)SSC(C)CC(C)(C)SC(C)CC(C)C. The maximum absolute atomic E-state index is 3.75. The zero-order valence-electron chi connectivity index (χ0n) is 15.4. The summed E-state index contributed by atoms with van der Waals surface area (Å²) in [6.45, 7) is 20.8. The fourth-order valence-corrected chi connectivity index (χ4v) is 7.00. The Labute approximate surface area is 151 Å². The average Bonchev–Trinajstić information content (AvgIpc) is 2.36. The van der Waals surface area contributed by atoms with Crippen molar-refractivity contribution in [2.45, 2.75) is 76.6 Å². The molecule has 0 fully saturated rings. The van der Waals surface area contributed by atoms with Crippen molar-refractivity contribution in [3.8, 4) is 0 Å². The van der Waals surface area contributed by atoms with Crippen LogP contribution >= 0.6 is 33.3 Å². The van der Waals surface area contributed by atoms with E-state index in [4.69, 9.17) is 0 Å². The van der Waals surface area contributed by atoms with E-state index >= 15 is 0 Å². The Morgan fingerprint density at radius 2 is 1.82 bits per heavy atom. The molecule has 0 heterocycles. The molecular formula is C18H35NS3. The molecule has 0 bridgehead atoms. The third-order valence-electron chi connectivity index (χ3n) is 3.09. The molecular weight excluding hydrogens is 326 g/mol. The van der Waals surface area contributed by atoms with Crippen molar-refractivity contribution in [1.82, 2.24) is 5.32 Å². The molecule has 0 aliphatic carbocycles. The summed E-state index contributed by atoms with van der Waals surface area (Å²) >= 11 is 2.15. The Kier molecular flexibility index (Phi) is 12.0. The van der Waals surface area contributed by atoms with Crippen LogP contribution in [0.4, 0.5) is 0 Å². The summed E-state index contributed by atoms with van der Waals surface area (Å²) < 4.78 is 0.339. The summed E-state index contributed by atoms with van der Waals surface area (Å²) in [4.78, 5) is 0. The van der Waals surface area contributed by atoms with E-state index in [2.05, 4.69) is 78.2 Å². The number of thioether (sulfide) groups is 1. The van der Waals surface area contributed by atoms with Crippen molar-refractivity contribution < 1.29 is 0 Å². The predicted molar refractivity (Wildman–Crippen MR) is 112 cm³/mol. The number of rotatable bonds is 12. The minimum Gasteiger partial charge on any atom is -0.376 e. The van der Waals surface area contributed by atoms with Gasteiger partial charge in [0.1, 0.15) is 0 Å². The lowest BCUT2D eigenvalue weighted by Gasteiger charge is -2.30. The molecule has 2 atom stereocenters. The van der Waals surface area contributed by atoms with E-state index in [9.17, 15) is 0 Å². The lowest BCUT2D eigenvalue weighted by atomic mass is 10.1. The van der Waals surface area contributed by atoms with Gasteiger partial charge in [0.25, 0.3) is 0 Å². The number of nitrogens with one attached hydrogen (secondary N) is 1. The zero-order chi connectivity index (χ0) is 17.2. The van der Waals surface area contributed by atoms with Crippen molar-refractivity contribution in [1.29, 1.82) is 0 Å². The Morgan fingerprint density at radius 3 is 2.32 bits per heavy atom. The molecule has 0 aliphatic rings. The van der Waals surface area contributed by atoms with Gasteiger partial charge in [-0.25, -0.2) is 0 Å². The molecule has 0 saturated heterocycles. The Hall–Kier alpha value is 0.330. The molecule has 0 rings (SSSR count). The van der Waals surface area contributed by atoms with Gasteiger partial charge >= 0.3 is 0 Å². The number of hydrogen-bond acceptors (Lipinski definition) is 4. The van der Waals surface area contributed by atoms with Crippen molar-refractivity contribution in [2.24, 2.45) is 5.92 Å². The molecule has 0 aromatic carbocycles. The highest BCUT2D eigenvalue weighted by Crippen LogP contribution is 2.41. The highest BCUT2D eigenvalue weighted by molar-refractivity contribution is 8.78. The van der Waals surface area contributed by atoms with Crippen LogP contribution in [0.25, 0.3) is 0 Å². The second-order valence-corrected chi connectivity index (χ2v) is 11.7. The molecule has 0 spiro atoms. The van der Waals surface area contributed by atoms with E-state index in [-0.39, 0.29) is 0 Å². The van der Waals surface area contributed by atoms with Gasteiger partial charge in [-0.15, -0.1) is 6.58 Å². The third-order valence-corrected chi connectivity index (χ3v) is 7.45. The molecule has 1 N–H and O–H groups in total. The van der Waals surface area contributed by atoms with E-state index in [1.165, 1.54) is 17.9 Å². The lowest BCUT2D eigenvalue weighted by Crippen LogP contribution is -2.23. The summed E-state index contributed by atoms with van der Waals surface area (Å²) in [6, 6.07) is 0. The molecule has 22 heavy (non-hydrogen) atoms. The monoisotopic (exact) mass is 361 g/mol. The smallest absolute Gasteiger partial charge is 0.0748 e. The molecule has 0 aliphatic heterocycles. The van der Waals surface area contributed by atoms with Gasteiger partial charge in [0.05, 0.1) is 5.03 Å². The highest BCUT2D eigenvalue weighted by atomic mass is 33.1. The van der Waals surface area contributed by atoms with Gasteiger partial charge in [0.15, 0.2) is 0 Å². The van der Waals surface area contributed by atoms with E-state index in [1.54, 1.807) is 0 Å². The van der Waals surface area contributed by atoms with Gasteiger partial charge in [-0.2, -0.15) is 11.8 Å². The molecule has 2 unspecified atom stereocenters. The third kappa shape index (κ3) is 11.8. The first kappa shape index (κ1) is 22.3. The fourth-order valence-electron chi connectivity index (χ4n) is 2.52. The normalized spacial score (nSPS) is 15.7. The highest BCUT2D eigenvalue weighted by Gasteiger charge is 2.25. The summed E-state index contributed by atoms with van der Waals surface area (Å²) in [5.74, 6) is 0.786. The van der Waals surface area contributed by atoms with Crippen LogP contribution in [0.15, 0.2) is 23.8 Å². The molecule has 0 aromatic heterocycles. The van der Waals surface area contributed by atoms with Gasteiger partial charge in [0.2, 0.25) is 0 Å². The van der Waals surface area contributed by atoms with Gasteiger partial charge in [-0.1, -0.05) is 64.5 Å². The molecule has 0 radical (unpaired) electrons. The van der Waals surface area contributed by atoms with E-state index in [0.29, 0.717) is 10.00 Å². The van der Waals surface area contributed by atoms with Crippen LogP contribution < -0.4 is 5.32 Å². The first-order valence-corrected chi connectivity index (χ1v) is 11.3. The maximum atomic E-state index is 3.75. The van der Waals surface area contributed by atoms with Crippen molar-refractivity contribution in [3.63, 3.8) is 0 Å². The van der Waals surface area contributed by atoms with E-state index in [1.807, 2.05) is 27.7 Å². The van der Waals surface area contributed by atoms with Crippen molar-refractivity contribution >= 4 is 33.3 Å². The van der Waals surface area contributed by atoms with Crippen LogP contribution in [0.2, 0.25) is 0 Å². The van der Waals surface area contributed by atoms with Crippen LogP contribution in [0, 0.1) is 5.92 Å². The lowest BCUT2D eigenvalue weighted by molar-refractivity contribution is 0.573. The summed E-state index contributed by atoms with van der Waals surface area (Å²) in [5, 5.41) is 5.98. The van der Waals surface area contributed by atoms with E-state index in [0.717, 1.165) is 17.7 Å². The molecule has 130 valence electrons. The Morgan fingerprint density at radius 1 is 1.18 bits per heavy atom. The van der Waals surface area contributed by atoms with Crippen molar-refractivity contribution in [3.05, 3.63) is 23.8 Å². The van der Waals surface area contributed by atoms with Crippen molar-refractivity contribution in [2.75, 3.05) is 6.54 Å². The number of allylic oxidation sites excluding steroid dienone is 1. The van der Waals surface area contributed by atoms with Crippen LogP contribution in [-0.4, -0.2) is 21.8 Å². The summed E-state index contributed by atoms with van der Waals surface area (Å²) in [6.07, 6.45) is 6.57. The molecule has 0 aromatic rings. The van der Waals surface area contributed by atoms with Gasteiger partial charge in [-0.3, -0.25) is 0 Å². The molecule has 4 heteroatoms. The number of hydrogen-bond donors (Lipinski definition) is 1. The minimum atomic E-state index is 0.339. The van der Waals surface area contributed by atoms with Gasteiger partial charge in [-0.05, 0) is 36.5 Å². The van der Waals surface area contributed by atoms with Crippen LogP contribution in [0.3, 0.4) is 0 Å². The van der Waals surface area contributed by atoms with Crippen LogP contribution in [0.5, 0.6) is 0 Å². The van der Waals surface area contributed by atoms with Gasteiger partial charge in [0, 0.05) is 21.8 Å². The maximum Gasteiger partial charge on any atom is 0.0748 e. The van der Waals surface area contributed by atoms with Crippen LogP contribution in [0.1, 0.15) is 61.3 Å². The topological polar surface area (TPSA) is 12.0 Å². The first-order valence-electron chi connectivity index (χ1n) is 8.22. The predicted octanol–water partition coefficient (Wildman–Crippen LogP) is 6.73. The second-order valence-electron chi connectivity index (χ2n) is 6.83. The summed E-state index contributed by atoms with van der Waals surface area (Å²) in [5.41, 5.74) is 0. The molecule has 0 saturated carbocycles. The van der Waals surface area contributed by atoms with E-state index < -0.39 is 0 Å².